The molecule has 0 aromatic heterocycles. The zero-order valence-corrected chi connectivity index (χ0v) is 16.8. The van der Waals surface area contributed by atoms with Crippen LogP contribution in [0.4, 0.5) is 0 Å². The van der Waals surface area contributed by atoms with Crippen molar-refractivity contribution in [2.45, 2.75) is 51.7 Å². The number of rotatable bonds is 10. The summed E-state index contributed by atoms with van der Waals surface area (Å²) in [4.78, 5) is 12.4. The number of nitrogens with zero attached hydrogens (tertiary/aromatic N) is 1. The van der Waals surface area contributed by atoms with Gasteiger partial charge in [0.25, 0.3) is 5.91 Å². The van der Waals surface area contributed by atoms with E-state index < -0.39 is 6.10 Å². The van der Waals surface area contributed by atoms with Crippen LogP contribution in [0.25, 0.3) is 0 Å². The molecular formula is C22H31N3O3. The Morgan fingerprint density at radius 2 is 2.11 bits per heavy atom. The lowest BCUT2D eigenvalue weighted by molar-refractivity contribution is 0.0951. The highest BCUT2D eigenvalue weighted by atomic mass is 16.5. The number of hydrogen-bond donors (Lipinski definition) is 3. The van der Waals surface area contributed by atoms with Gasteiger partial charge in [0.15, 0.2) is 0 Å². The minimum absolute atomic E-state index is 0.0870. The fraction of sp³-hybridized carbons (Fsp3) is 0.636. The molecule has 0 radical (unpaired) electrons. The van der Waals surface area contributed by atoms with Crippen LogP contribution in [0.2, 0.25) is 0 Å². The summed E-state index contributed by atoms with van der Waals surface area (Å²) in [6.07, 6.45) is 4.47. The third kappa shape index (κ3) is 5.24. The minimum Gasteiger partial charge on any atom is -0.489 e. The minimum atomic E-state index is -0.668. The molecule has 0 aliphatic heterocycles. The fourth-order valence-corrected chi connectivity index (χ4v) is 4.35. The Morgan fingerprint density at radius 1 is 1.36 bits per heavy atom. The maximum absolute atomic E-state index is 12.4. The predicted octanol–water partition coefficient (Wildman–Crippen LogP) is 2.46. The number of fused-ring (bicyclic) bond motifs is 1. The molecule has 2 aliphatic carbocycles. The number of nitrogens with one attached hydrogen (secondary N) is 2. The summed E-state index contributed by atoms with van der Waals surface area (Å²) < 4.78 is 5.58. The van der Waals surface area contributed by atoms with Crippen LogP contribution in [-0.4, -0.2) is 42.9 Å². The van der Waals surface area contributed by atoms with Crippen molar-refractivity contribution in [2.24, 2.45) is 17.8 Å². The maximum Gasteiger partial charge on any atom is 0.251 e. The molecule has 1 aromatic rings. The second kappa shape index (κ2) is 9.40. The number of hydrogen-bond acceptors (Lipinski definition) is 5. The first-order chi connectivity index (χ1) is 13.5. The molecule has 1 amide bonds. The highest BCUT2D eigenvalue weighted by Crippen LogP contribution is 2.58. The summed E-state index contributed by atoms with van der Waals surface area (Å²) in [5, 5.41) is 25.4. The van der Waals surface area contributed by atoms with Gasteiger partial charge in [0.1, 0.15) is 24.5 Å². The van der Waals surface area contributed by atoms with Crippen molar-refractivity contribution >= 4 is 5.91 Å². The summed E-state index contributed by atoms with van der Waals surface area (Å²) in [7, 11) is 0. The molecule has 0 heterocycles. The lowest BCUT2D eigenvalue weighted by Crippen LogP contribution is -2.35. The summed E-state index contributed by atoms with van der Waals surface area (Å²) in [5.41, 5.74) is 0.760. The third-order valence-electron chi connectivity index (χ3n) is 5.90. The van der Waals surface area contributed by atoms with Crippen LogP contribution >= 0.6 is 0 Å². The van der Waals surface area contributed by atoms with E-state index in [-0.39, 0.29) is 18.6 Å². The predicted molar refractivity (Wildman–Crippen MR) is 107 cm³/mol. The average molecular weight is 386 g/mol. The van der Waals surface area contributed by atoms with Crippen LogP contribution < -0.4 is 15.4 Å². The number of ether oxygens (including phenoxy) is 1. The molecule has 0 bridgehead atoms. The zero-order chi connectivity index (χ0) is 20.1. The zero-order valence-electron chi connectivity index (χ0n) is 16.8. The van der Waals surface area contributed by atoms with E-state index in [9.17, 15) is 15.2 Å². The van der Waals surface area contributed by atoms with Crippen LogP contribution in [0.3, 0.4) is 0 Å². The summed E-state index contributed by atoms with van der Waals surface area (Å²) >= 11 is 0. The number of amides is 1. The Morgan fingerprint density at radius 3 is 2.79 bits per heavy atom. The van der Waals surface area contributed by atoms with Crippen molar-refractivity contribution in [1.29, 1.82) is 5.26 Å². The van der Waals surface area contributed by atoms with Gasteiger partial charge in [0, 0.05) is 24.7 Å². The molecule has 152 valence electrons. The molecule has 3 N–H and O–H groups in total. The van der Waals surface area contributed by atoms with E-state index in [1.54, 1.807) is 18.2 Å². The van der Waals surface area contributed by atoms with E-state index in [4.69, 9.17) is 4.74 Å². The topological polar surface area (TPSA) is 94.4 Å². The molecule has 0 spiro atoms. The first kappa shape index (κ1) is 20.6. The molecular weight excluding hydrogens is 354 g/mol. The van der Waals surface area contributed by atoms with Crippen LogP contribution in [0, 0.1) is 29.1 Å². The van der Waals surface area contributed by atoms with Crippen molar-refractivity contribution < 1.29 is 14.6 Å². The molecule has 6 heteroatoms. The van der Waals surface area contributed by atoms with Crippen molar-refractivity contribution in [3.05, 3.63) is 29.3 Å². The van der Waals surface area contributed by atoms with Crippen molar-refractivity contribution in [3.63, 3.8) is 0 Å². The van der Waals surface area contributed by atoms with Gasteiger partial charge >= 0.3 is 0 Å². The highest BCUT2D eigenvalue weighted by Gasteiger charge is 2.51. The second-order valence-electron chi connectivity index (χ2n) is 8.32. The molecule has 3 atom stereocenters. The van der Waals surface area contributed by atoms with Crippen LogP contribution in [-0.2, 0) is 0 Å². The average Bonchev–Trinajstić information content (AvgIpc) is 3.11. The van der Waals surface area contributed by atoms with Gasteiger partial charge < -0.3 is 20.5 Å². The summed E-state index contributed by atoms with van der Waals surface area (Å²) in [6.45, 7) is 5.20. The van der Waals surface area contributed by atoms with Gasteiger partial charge in [-0.2, -0.15) is 5.26 Å². The molecule has 2 saturated carbocycles. The van der Waals surface area contributed by atoms with E-state index >= 15 is 0 Å². The van der Waals surface area contributed by atoms with E-state index in [0.717, 1.165) is 24.2 Å². The van der Waals surface area contributed by atoms with Crippen LogP contribution in [0.15, 0.2) is 18.2 Å². The van der Waals surface area contributed by atoms with Gasteiger partial charge in [-0.25, -0.2) is 0 Å². The van der Waals surface area contributed by atoms with E-state index in [1.807, 2.05) is 13.8 Å². The van der Waals surface area contributed by atoms with Crippen LogP contribution in [0.5, 0.6) is 5.75 Å². The van der Waals surface area contributed by atoms with Crippen molar-refractivity contribution in [3.8, 4) is 11.8 Å². The molecule has 28 heavy (non-hydrogen) atoms. The van der Waals surface area contributed by atoms with Gasteiger partial charge in [-0.15, -0.1) is 0 Å². The Labute approximate surface area is 167 Å². The smallest absolute Gasteiger partial charge is 0.251 e. The fourth-order valence-electron chi connectivity index (χ4n) is 4.35. The summed E-state index contributed by atoms with van der Waals surface area (Å²) in [6, 6.07) is 7.19. The van der Waals surface area contributed by atoms with Gasteiger partial charge in [-0.05, 0) is 55.2 Å². The van der Waals surface area contributed by atoms with Gasteiger partial charge in [-0.1, -0.05) is 20.3 Å². The number of carbonyl (C=O) groups is 1. The molecule has 3 unspecified atom stereocenters. The summed E-state index contributed by atoms with van der Waals surface area (Å²) in [5.74, 6) is 2.84. The lowest BCUT2D eigenvalue weighted by atomic mass is 10.1. The largest absolute Gasteiger partial charge is 0.489 e. The number of aliphatic hydroxyl groups excluding tert-OH is 1. The first-order valence-corrected chi connectivity index (χ1v) is 10.4. The monoisotopic (exact) mass is 385 g/mol. The van der Waals surface area contributed by atoms with Crippen molar-refractivity contribution in [2.75, 3.05) is 19.7 Å². The van der Waals surface area contributed by atoms with E-state index in [2.05, 4.69) is 16.7 Å². The third-order valence-corrected chi connectivity index (χ3v) is 5.90. The molecule has 1 aromatic carbocycles. The van der Waals surface area contributed by atoms with Gasteiger partial charge in [0.05, 0.1) is 5.56 Å². The Bertz CT molecular complexity index is 718. The normalized spacial score (nSPS) is 23.8. The Hall–Kier alpha value is -2.10. The van der Waals surface area contributed by atoms with Gasteiger partial charge in [0.2, 0.25) is 0 Å². The number of benzene rings is 1. The standard InChI is InChI=1S/C22H31N3O3/c1-14(2)25-12-17(26)13-28-21-7-6-15(10-16(21)11-23)22(27)24-9-8-20-18-4-3-5-19(18)20/h6-7,10,14,17-20,25-26H,3-5,8-9,12-13H2,1-2H3,(H,24,27). The van der Waals surface area contributed by atoms with Crippen LogP contribution in [0.1, 0.15) is 55.5 Å². The second-order valence-corrected chi connectivity index (χ2v) is 8.32. The quantitative estimate of drug-likeness (QED) is 0.575. The molecule has 6 nitrogen and oxygen atoms in total. The van der Waals surface area contributed by atoms with Crippen molar-refractivity contribution in [1.82, 2.24) is 10.6 Å². The SMILES string of the molecule is CC(C)NCC(O)COc1ccc(C(=O)NCCC2C3CCCC32)cc1C#N. The lowest BCUT2D eigenvalue weighted by Gasteiger charge is -2.16. The Balaban J connectivity index is 1.46. The van der Waals surface area contributed by atoms with Gasteiger partial charge in [-0.3, -0.25) is 4.79 Å². The highest BCUT2D eigenvalue weighted by molar-refractivity contribution is 5.94. The van der Waals surface area contributed by atoms with E-state index in [0.29, 0.717) is 30.0 Å². The maximum atomic E-state index is 12.4. The van der Waals surface area contributed by atoms with E-state index in [1.165, 1.54) is 19.3 Å². The molecule has 0 saturated heterocycles. The number of carbonyl (C=O) groups excluding carboxylic acids is 1. The first-order valence-electron chi connectivity index (χ1n) is 10.4. The molecule has 3 rings (SSSR count). The number of aliphatic hydroxyl groups is 1. The Kier molecular flexibility index (Phi) is 6.93. The molecule has 2 aliphatic rings. The number of nitriles is 1. The molecule has 2 fully saturated rings.